The molecule has 178 valence electrons. The van der Waals surface area contributed by atoms with Gasteiger partial charge in [-0.2, -0.15) is 0 Å². The smallest absolute Gasteiger partial charge is 0.330 e. The van der Waals surface area contributed by atoms with Crippen LogP contribution in [0, 0.1) is 6.92 Å². The summed E-state index contributed by atoms with van der Waals surface area (Å²) in [5.74, 6) is -0.412. The molecule has 0 saturated heterocycles. The molecule has 0 atom stereocenters. The number of aliphatic hydroxyl groups is 1. The van der Waals surface area contributed by atoms with E-state index >= 15 is 0 Å². The van der Waals surface area contributed by atoms with Gasteiger partial charge in [0, 0.05) is 19.1 Å². The number of aliphatic hydroxyl groups excluding tert-OH is 1. The molecule has 0 aliphatic carbocycles. The Morgan fingerprint density at radius 3 is 2.26 bits per heavy atom. The minimum absolute atomic E-state index is 0.107. The summed E-state index contributed by atoms with van der Waals surface area (Å²) in [6.07, 6.45) is 7.31. The van der Waals surface area contributed by atoms with Crippen molar-refractivity contribution in [1.29, 1.82) is 0 Å². The van der Waals surface area contributed by atoms with E-state index in [-0.39, 0.29) is 6.61 Å². The Bertz CT molecular complexity index is 1100. The quantitative estimate of drug-likeness (QED) is 0.184. The predicted molar refractivity (Wildman–Crippen MR) is 141 cm³/mol. The second kappa shape index (κ2) is 12.9. The molecule has 0 fully saturated rings. The molecule has 0 heterocycles. The van der Waals surface area contributed by atoms with Crippen LogP contribution in [0.25, 0.3) is 22.3 Å². The first-order valence-corrected chi connectivity index (χ1v) is 12.3. The van der Waals surface area contributed by atoms with Crippen LogP contribution in [0.1, 0.15) is 48.4 Å². The third kappa shape index (κ3) is 6.91. The minimum atomic E-state index is -0.412. The van der Waals surface area contributed by atoms with E-state index in [2.05, 4.69) is 81.1 Å². The van der Waals surface area contributed by atoms with E-state index in [1.54, 1.807) is 0 Å². The molecule has 0 amide bonds. The number of esters is 1. The Morgan fingerprint density at radius 1 is 0.882 bits per heavy atom. The van der Waals surface area contributed by atoms with Crippen LogP contribution in [-0.4, -0.2) is 24.3 Å². The predicted octanol–water partition coefficient (Wildman–Crippen LogP) is 6.87. The molecule has 0 aromatic heterocycles. The molecule has 0 bridgehead atoms. The lowest BCUT2D eigenvalue weighted by molar-refractivity contribution is -0.137. The molecule has 0 aliphatic rings. The van der Waals surface area contributed by atoms with Gasteiger partial charge >= 0.3 is 5.97 Å². The number of carbonyl (C=O) groups excluding carboxylic acids is 1. The lowest BCUT2D eigenvalue weighted by Crippen LogP contribution is -2.06. The van der Waals surface area contributed by atoms with Crippen LogP contribution in [-0.2, 0) is 28.8 Å². The molecule has 1 N–H and O–H groups in total. The van der Waals surface area contributed by atoms with Gasteiger partial charge in [-0.3, -0.25) is 0 Å². The molecule has 3 heteroatoms. The first kappa shape index (κ1) is 25.5. The van der Waals surface area contributed by atoms with Gasteiger partial charge < -0.3 is 9.84 Å². The highest BCUT2D eigenvalue weighted by Gasteiger charge is 2.11. The van der Waals surface area contributed by atoms with Gasteiger partial charge in [-0.05, 0) is 70.7 Å². The zero-order valence-electron chi connectivity index (χ0n) is 20.5. The fourth-order valence-corrected chi connectivity index (χ4v) is 4.33. The highest BCUT2D eigenvalue weighted by atomic mass is 16.5. The maximum absolute atomic E-state index is 11.5. The summed E-state index contributed by atoms with van der Waals surface area (Å²) in [5.41, 5.74) is 9.53. The molecule has 3 aromatic carbocycles. The summed E-state index contributed by atoms with van der Waals surface area (Å²) < 4.78 is 5.22. The van der Waals surface area contributed by atoms with Gasteiger partial charge in [0.1, 0.15) is 0 Å². The van der Waals surface area contributed by atoms with Crippen molar-refractivity contribution in [1.82, 2.24) is 0 Å². The molecular formula is C31H36O3. The lowest BCUT2D eigenvalue weighted by atomic mass is 9.91. The molecule has 3 aromatic rings. The zero-order chi connectivity index (χ0) is 24.3. The van der Waals surface area contributed by atoms with Gasteiger partial charge in [0.25, 0.3) is 0 Å². The van der Waals surface area contributed by atoms with E-state index in [1.807, 2.05) is 0 Å². The maximum atomic E-state index is 11.5. The van der Waals surface area contributed by atoms with Crippen molar-refractivity contribution < 1.29 is 14.6 Å². The summed E-state index contributed by atoms with van der Waals surface area (Å²) in [5, 5.41) is 9.34. The highest BCUT2D eigenvalue weighted by Crippen LogP contribution is 2.31. The van der Waals surface area contributed by atoms with E-state index in [9.17, 15) is 9.90 Å². The number of unbranched alkanes of at least 4 members (excludes halogenated alkanes) is 2. The maximum Gasteiger partial charge on any atom is 0.330 e. The number of ether oxygens (including phenoxy) is 1. The van der Waals surface area contributed by atoms with Gasteiger partial charge in [0.15, 0.2) is 0 Å². The van der Waals surface area contributed by atoms with Crippen LogP contribution in [0.5, 0.6) is 0 Å². The number of benzene rings is 3. The van der Waals surface area contributed by atoms with Crippen LogP contribution in [0.2, 0.25) is 0 Å². The zero-order valence-corrected chi connectivity index (χ0v) is 20.5. The van der Waals surface area contributed by atoms with Crippen molar-refractivity contribution in [3.05, 3.63) is 95.6 Å². The van der Waals surface area contributed by atoms with Crippen LogP contribution >= 0.6 is 0 Å². The molecule has 3 rings (SSSR count). The summed E-state index contributed by atoms with van der Waals surface area (Å²) in [4.78, 5) is 11.5. The van der Waals surface area contributed by atoms with Gasteiger partial charge in [0.2, 0.25) is 0 Å². The van der Waals surface area contributed by atoms with Crippen molar-refractivity contribution in [2.45, 2.75) is 52.4 Å². The summed E-state index contributed by atoms with van der Waals surface area (Å²) in [6.45, 7) is 8.24. The fraction of sp³-hybridized carbons (Fsp3) is 0.323. The van der Waals surface area contributed by atoms with Crippen molar-refractivity contribution in [3.8, 4) is 22.3 Å². The van der Waals surface area contributed by atoms with Crippen LogP contribution in [0.15, 0.2) is 73.3 Å². The third-order valence-corrected chi connectivity index (χ3v) is 6.22. The Kier molecular flexibility index (Phi) is 9.66. The Hall–Kier alpha value is -3.17. The minimum Gasteiger partial charge on any atom is -0.462 e. The van der Waals surface area contributed by atoms with Gasteiger partial charge in [-0.1, -0.05) is 87.0 Å². The van der Waals surface area contributed by atoms with Crippen molar-refractivity contribution >= 4 is 5.97 Å². The van der Waals surface area contributed by atoms with Crippen LogP contribution in [0.3, 0.4) is 0 Å². The summed E-state index contributed by atoms with van der Waals surface area (Å²) in [7, 11) is 0. The molecule has 3 nitrogen and oxygen atoms in total. The largest absolute Gasteiger partial charge is 0.462 e. The molecule has 0 saturated carbocycles. The van der Waals surface area contributed by atoms with Crippen LogP contribution < -0.4 is 0 Å². The summed E-state index contributed by atoms with van der Waals surface area (Å²) in [6, 6.07) is 21.8. The number of hydrogen-bond donors (Lipinski definition) is 1. The number of aryl methyl sites for hydroxylation is 2. The van der Waals surface area contributed by atoms with E-state index in [0.29, 0.717) is 19.4 Å². The van der Waals surface area contributed by atoms with Gasteiger partial charge in [-0.15, -0.1) is 0 Å². The van der Waals surface area contributed by atoms with E-state index in [4.69, 9.17) is 4.74 Å². The number of hydrogen-bond acceptors (Lipinski definition) is 3. The molecule has 34 heavy (non-hydrogen) atoms. The fourth-order valence-electron chi connectivity index (χ4n) is 4.33. The average molecular weight is 457 g/mol. The number of rotatable bonds is 12. The SMILES string of the molecule is C=CC(=O)OCCc1cc(CCO)ccc1-c1ccc(-c2ccc(CCCCC)cc2)c(C)c1. The Balaban J connectivity index is 1.83. The van der Waals surface area contributed by atoms with Gasteiger partial charge in [0.05, 0.1) is 6.61 Å². The topological polar surface area (TPSA) is 46.5 Å². The standard InChI is InChI=1S/C31H36O3/c1-4-6-7-8-24-9-12-26(13-10-24)29-16-14-27(21-23(29)3)30-15-11-25(17-19-32)22-28(30)18-20-34-31(33)5-2/h5,9-16,21-22,32H,2,4,6-8,17-20H2,1,3H3. The van der Waals surface area contributed by atoms with Gasteiger partial charge in [-0.25, -0.2) is 4.79 Å². The normalized spacial score (nSPS) is 10.8. The first-order valence-electron chi connectivity index (χ1n) is 12.3. The average Bonchev–Trinajstić information content (AvgIpc) is 2.85. The van der Waals surface area contributed by atoms with E-state index in [1.165, 1.54) is 47.6 Å². The Labute approximate surface area is 204 Å². The monoisotopic (exact) mass is 456 g/mol. The third-order valence-electron chi connectivity index (χ3n) is 6.22. The van der Waals surface area contributed by atoms with Crippen molar-refractivity contribution in [2.75, 3.05) is 13.2 Å². The Morgan fingerprint density at radius 2 is 1.59 bits per heavy atom. The van der Waals surface area contributed by atoms with Crippen molar-refractivity contribution in [2.24, 2.45) is 0 Å². The highest BCUT2D eigenvalue weighted by molar-refractivity contribution is 5.81. The molecule has 0 spiro atoms. The molecule has 0 aliphatic heterocycles. The molecule has 0 unspecified atom stereocenters. The number of carbonyl (C=O) groups is 1. The lowest BCUT2D eigenvalue weighted by Gasteiger charge is -2.15. The first-order chi connectivity index (χ1) is 16.5. The van der Waals surface area contributed by atoms with Crippen LogP contribution in [0.4, 0.5) is 0 Å². The van der Waals surface area contributed by atoms with E-state index in [0.717, 1.165) is 28.7 Å². The second-order valence-corrected chi connectivity index (χ2v) is 8.77. The molecule has 0 radical (unpaired) electrons. The summed E-state index contributed by atoms with van der Waals surface area (Å²) >= 11 is 0. The second-order valence-electron chi connectivity index (χ2n) is 8.77. The van der Waals surface area contributed by atoms with E-state index < -0.39 is 5.97 Å². The van der Waals surface area contributed by atoms with Crippen molar-refractivity contribution in [3.63, 3.8) is 0 Å². The molecular weight excluding hydrogens is 420 g/mol.